The predicted molar refractivity (Wildman–Crippen MR) is 40.6 cm³/mol. The Bertz CT molecular complexity index is 259. The van der Waals surface area contributed by atoms with Gasteiger partial charge < -0.3 is 9.47 Å². The van der Waals surface area contributed by atoms with Gasteiger partial charge in [-0.15, -0.1) is 0 Å². The van der Waals surface area contributed by atoms with Crippen molar-refractivity contribution >= 4 is 11.9 Å². The maximum Gasteiger partial charge on any atom is 0.321 e. The second kappa shape index (κ2) is 2.25. The van der Waals surface area contributed by atoms with Crippen molar-refractivity contribution in [3.05, 3.63) is 0 Å². The third-order valence-electron chi connectivity index (χ3n) is 3.26. The normalized spacial score (nSPS) is 47.1. The Balaban J connectivity index is 2.00. The van der Waals surface area contributed by atoms with Crippen LogP contribution in [0.25, 0.3) is 0 Å². The second-order valence-electron chi connectivity index (χ2n) is 3.94. The van der Waals surface area contributed by atoms with Crippen molar-refractivity contribution in [2.24, 2.45) is 11.8 Å². The van der Waals surface area contributed by atoms with Crippen LogP contribution in [0.15, 0.2) is 0 Å². The predicted octanol–water partition coefficient (Wildman–Crippen LogP) is 0.254. The van der Waals surface area contributed by atoms with Crippen molar-refractivity contribution < 1.29 is 19.1 Å². The van der Waals surface area contributed by atoms with E-state index in [1.807, 2.05) is 0 Å². The molecule has 4 nitrogen and oxygen atoms in total. The molecule has 3 rings (SSSR count). The molecule has 4 heteroatoms. The van der Waals surface area contributed by atoms with E-state index >= 15 is 0 Å². The molecule has 2 saturated heterocycles. The summed E-state index contributed by atoms with van der Waals surface area (Å²) < 4.78 is 10.3. The van der Waals surface area contributed by atoms with Crippen molar-refractivity contribution in [3.8, 4) is 0 Å². The summed E-state index contributed by atoms with van der Waals surface area (Å²) in [5, 5.41) is 0. The fraction of sp³-hybridized carbons (Fsp3) is 0.778. The standard InChI is InChI=1S/C9H10O4/c10-8-7-6-4(12-8)2-1-3-5(6)13-9(7)11/h4-7H,1-3H2/t4-,5+,6?,7?. The zero-order valence-corrected chi connectivity index (χ0v) is 7.06. The minimum atomic E-state index is -0.602. The lowest BCUT2D eigenvalue weighted by Crippen LogP contribution is -2.32. The van der Waals surface area contributed by atoms with E-state index in [1.54, 1.807) is 0 Å². The maximum atomic E-state index is 11.3. The highest BCUT2D eigenvalue weighted by molar-refractivity contribution is 5.98. The number of hydrogen-bond donors (Lipinski definition) is 0. The summed E-state index contributed by atoms with van der Waals surface area (Å²) in [6.45, 7) is 0. The molecule has 2 heterocycles. The van der Waals surface area contributed by atoms with E-state index in [9.17, 15) is 9.59 Å². The lowest BCUT2D eigenvalue weighted by atomic mass is 9.80. The van der Waals surface area contributed by atoms with E-state index < -0.39 is 5.92 Å². The van der Waals surface area contributed by atoms with Crippen LogP contribution in [0.3, 0.4) is 0 Å². The number of hydrogen-bond acceptors (Lipinski definition) is 4. The van der Waals surface area contributed by atoms with Gasteiger partial charge in [0.1, 0.15) is 12.2 Å². The summed E-state index contributed by atoms with van der Waals surface area (Å²) in [6.07, 6.45) is 2.66. The van der Waals surface area contributed by atoms with Gasteiger partial charge in [-0.3, -0.25) is 9.59 Å². The molecule has 1 saturated carbocycles. The molecule has 0 aromatic heterocycles. The van der Waals surface area contributed by atoms with Crippen molar-refractivity contribution in [1.82, 2.24) is 0 Å². The number of carbonyl (C=O) groups is 2. The maximum absolute atomic E-state index is 11.3. The SMILES string of the molecule is O=C1O[C@H]2CCC[C@H]3OC(=O)C1C23. The van der Waals surface area contributed by atoms with Gasteiger partial charge in [0.05, 0.1) is 5.92 Å². The Labute approximate surface area is 75.2 Å². The molecule has 0 spiro atoms. The monoisotopic (exact) mass is 182 g/mol. The van der Waals surface area contributed by atoms with Crippen LogP contribution in [0.2, 0.25) is 0 Å². The molecular weight excluding hydrogens is 172 g/mol. The summed E-state index contributed by atoms with van der Waals surface area (Å²) in [6, 6.07) is 0. The molecule has 0 aromatic carbocycles. The van der Waals surface area contributed by atoms with E-state index in [-0.39, 0.29) is 30.1 Å². The van der Waals surface area contributed by atoms with Gasteiger partial charge in [0.25, 0.3) is 0 Å². The zero-order valence-electron chi connectivity index (χ0n) is 7.06. The van der Waals surface area contributed by atoms with E-state index in [0.717, 1.165) is 19.3 Å². The Morgan fingerprint density at radius 3 is 2.08 bits per heavy atom. The van der Waals surface area contributed by atoms with Gasteiger partial charge in [0.15, 0.2) is 5.92 Å². The highest BCUT2D eigenvalue weighted by Gasteiger charge is 2.59. The summed E-state index contributed by atoms with van der Waals surface area (Å²) in [5.41, 5.74) is 0. The van der Waals surface area contributed by atoms with Gasteiger partial charge in [-0.05, 0) is 19.3 Å². The van der Waals surface area contributed by atoms with Crippen LogP contribution < -0.4 is 0 Å². The highest BCUT2D eigenvalue weighted by Crippen LogP contribution is 2.45. The Kier molecular flexibility index (Phi) is 1.27. The summed E-state index contributed by atoms with van der Waals surface area (Å²) in [7, 11) is 0. The minimum absolute atomic E-state index is 0.0220. The topological polar surface area (TPSA) is 52.6 Å². The first-order valence-electron chi connectivity index (χ1n) is 4.68. The molecule has 0 aromatic rings. The molecule has 13 heavy (non-hydrogen) atoms. The smallest absolute Gasteiger partial charge is 0.321 e. The molecule has 4 atom stereocenters. The summed E-state index contributed by atoms with van der Waals surface area (Å²) in [5.74, 6) is -1.32. The molecule has 2 aliphatic heterocycles. The third kappa shape index (κ3) is 0.806. The summed E-state index contributed by atoms with van der Waals surface area (Å²) >= 11 is 0. The molecule has 0 N–H and O–H groups in total. The fourth-order valence-electron chi connectivity index (χ4n) is 2.70. The minimum Gasteiger partial charge on any atom is -0.461 e. The first-order valence-corrected chi connectivity index (χ1v) is 4.68. The number of ether oxygens (including phenoxy) is 2. The number of carbonyl (C=O) groups excluding carboxylic acids is 2. The lowest BCUT2D eigenvalue weighted by molar-refractivity contribution is -0.158. The molecule has 0 amide bonds. The Morgan fingerprint density at radius 2 is 1.54 bits per heavy atom. The van der Waals surface area contributed by atoms with Crippen LogP contribution in [0.5, 0.6) is 0 Å². The molecule has 3 fully saturated rings. The molecule has 70 valence electrons. The van der Waals surface area contributed by atoms with Crippen molar-refractivity contribution in [1.29, 1.82) is 0 Å². The van der Waals surface area contributed by atoms with Crippen LogP contribution in [0, 0.1) is 11.8 Å². The van der Waals surface area contributed by atoms with Crippen LogP contribution in [0.1, 0.15) is 19.3 Å². The van der Waals surface area contributed by atoms with Gasteiger partial charge in [-0.1, -0.05) is 0 Å². The van der Waals surface area contributed by atoms with E-state index in [0.29, 0.717) is 0 Å². The van der Waals surface area contributed by atoms with E-state index in [4.69, 9.17) is 9.47 Å². The van der Waals surface area contributed by atoms with Crippen LogP contribution in [-0.2, 0) is 19.1 Å². The largest absolute Gasteiger partial charge is 0.461 e. The average Bonchev–Trinajstić information content (AvgIpc) is 2.57. The summed E-state index contributed by atoms with van der Waals surface area (Å²) in [4.78, 5) is 22.6. The average molecular weight is 182 g/mol. The molecule has 0 bridgehead atoms. The molecule has 2 unspecified atom stereocenters. The molecular formula is C9H10O4. The highest BCUT2D eigenvalue weighted by atomic mass is 16.6. The van der Waals surface area contributed by atoms with E-state index in [1.165, 1.54) is 0 Å². The molecule has 0 radical (unpaired) electrons. The van der Waals surface area contributed by atoms with Crippen LogP contribution in [0.4, 0.5) is 0 Å². The lowest BCUT2D eigenvalue weighted by Gasteiger charge is -2.26. The van der Waals surface area contributed by atoms with Gasteiger partial charge in [-0.25, -0.2) is 0 Å². The van der Waals surface area contributed by atoms with Crippen molar-refractivity contribution in [2.45, 2.75) is 31.5 Å². The number of rotatable bonds is 0. The second-order valence-corrected chi connectivity index (χ2v) is 3.94. The van der Waals surface area contributed by atoms with Crippen molar-refractivity contribution in [3.63, 3.8) is 0 Å². The van der Waals surface area contributed by atoms with Gasteiger partial charge >= 0.3 is 11.9 Å². The third-order valence-corrected chi connectivity index (χ3v) is 3.26. The first-order chi connectivity index (χ1) is 6.27. The van der Waals surface area contributed by atoms with Gasteiger partial charge in [0, 0.05) is 0 Å². The Morgan fingerprint density at radius 1 is 1.00 bits per heavy atom. The van der Waals surface area contributed by atoms with Crippen molar-refractivity contribution in [2.75, 3.05) is 0 Å². The molecule has 1 aliphatic carbocycles. The van der Waals surface area contributed by atoms with Gasteiger partial charge in [-0.2, -0.15) is 0 Å². The quantitative estimate of drug-likeness (QED) is 0.398. The molecule has 3 aliphatic rings. The fourth-order valence-corrected chi connectivity index (χ4v) is 2.70. The first kappa shape index (κ1) is 7.35. The van der Waals surface area contributed by atoms with Crippen LogP contribution in [-0.4, -0.2) is 24.1 Å². The van der Waals surface area contributed by atoms with Crippen LogP contribution >= 0.6 is 0 Å². The zero-order chi connectivity index (χ0) is 9.00. The Hall–Kier alpha value is -1.06. The van der Waals surface area contributed by atoms with E-state index in [2.05, 4.69) is 0 Å². The van der Waals surface area contributed by atoms with Gasteiger partial charge in [0.2, 0.25) is 0 Å². The number of esters is 2.